The van der Waals surface area contributed by atoms with Crippen LogP contribution in [0.2, 0.25) is 0 Å². The van der Waals surface area contributed by atoms with Crippen LogP contribution in [-0.2, 0) is 5.41 Å². The maximum atomic E-state index is 9.14. The number of aliphatic hydroxyl groups excluding tert-OH is 1. The molecule has 0 heterocycles. The van der Waals surface area contributed by atoms with E-state index < -0.39 is 0 Å². The Labute approximate surface area is 106 Å². The zero-order valence-electron chi connectivity index (χ0n) is 11.7. The maximum Gasteiger partial charge on any atom is 0.0431 e. The Bertz CT molecular complexity index is 323. The van der Waals surface area contributed by atoms with Crippen molar-refractivity contribution < 1.29 is 5.11 Å². The van der Waals surface area contributed by atoms with Gasteiger partial charge in [0.25, 0.3) is 0 Å². The number of benzene rings is 1. The fraction of sp³-hybridized carbons (Fsp3) is 0.625. The second-order valence-electron chi connectivity index (χ2n) is 5.88. The Balaban J connectivity index is 3.17. The van der Waals surface area contributed by atoms with E-state index in [0.29, 0.717) is 0 Å². The molecule has 96 valence electrons. The van der Waals surface area contributed by atoms with Crippen LogP contribution in [0.1, 0.15) is 52.5 Å². The molecule has 1 heteroatoms. The molecular weight excluding hydrogens is 208 g/mol. The van der Waals surface area contributed by atoms with Gasteiger partial charge in [0, 0.05) is 6.61 Å². The van der Waals surface area contributed by atoms with Crippen molar-refractivity contribution in [2.45, 2.75) is 52.4 Å². The summed E-state index contributed by atoms with van der Waals surface area (Å²) >= 11 is 0. The number of hydrogen-bond donors (Lipinski definition) is 1. The molecule has 0 aliphatic rings. The molecular formula is C16H26O. The minimum absolute atomic E-state index is 0.164. The summed E-state index contributed by atoms with van der Waals surface area (Å²) in [7, 11) is 0. The molecule has 0 aliphatic carbocycles. The smallest absolute Gasteiger partial charge is 0.0431 e. The fourth-order valence-corrected chi connectivity index (χ4v) is 3.00. The summed E-state index contributed by atoms with van der Waals surface area (Å²) in [5, 5.41) is 9.14. The minimum Gasteiger partial charge on any atom is -0.396 e. The van der Waals surface area contributed by atoms with Crippen molar-refractivity contribution in [2.24, 2.45) is 5.41 Å². The van der Waals surface area contributed by atoms with Gasteiger partial charge in [-0.2, -0.15) is 0 Å². The first-order valence-electron chi connectivity index (χ1n) is 6.64. The van der Waals surface area contributed by atoms with E-state index in [9.17, 15) is 0 Å². The third-order valence-corrected chi connectivity index (χ3v) is 4.13. The zero-order valence-corrected chi connectivity index (χ0v) is 11.7. The molecule has 1 aromatic rings. The van der Waals surface area contributed by atoms with Gasteiger partial charge in [-0.15, -0.1) is 0 Å². The van der Waals surface area contributed by atoms with E-state index in [2.05, 4.69) is 58.0 Å². The highest BCUT2D eigenvalue weighted by Gasteiger charge is 2.40. The average molecular weight is 234 g/mol. The van der Waals surface area contributed by atoms with Gasteiger partial charge in [0.1, 0.15) is 0 Å². The Morgan fingerprint density at radius 2 is 1.65 bits per heavy atom. The van der Waals surface area contributed by atoms with Crippen molar-refractivity contribution >= 4 is 0 Å². The Morgan fingerprint density at radius 3 is 2.06 bits per heavy atom. The van der Waals surface area contributed by atoms with Gasteiger partial charge in [-0.05, 0) is 35.7 Å². The van der Waals surface area contributed by atoms with Crippen molar-refractivity contribution in [1.29, 1.82) is 0 Å². The Morgan fingerprint density at radius 1 is 1.06 bits per heavy atom. The lowest BCUT2D eigenvalue weighted by atomic mass is 9.59. The number of aliphatic hydroxyl groups is 1. The van der Waals surface area contributed by atoms with Gasteiger partial charge in [-0.3, -0.25) is 0 Å². The first kappa shape index (κ1) is 14.2. The van der Waals surface area contributed by atoms with Crippen LogP contribution < -0.4 is 0 Å². The van der Waals surface area contributed by atoms with Crippen LogP contribution in [0.5, 0.6) is 0 Å². The maximum absolute atomic E-state index is 9.14. The molecule has 0 bridgehead atoms. The molecule has 0 spiro atoms. The van der Waals surface area contributed by atoms with Crippen molar-refractivity contribution in [3.8, 4) is 0 Å². The van der Waals surface area contributed by atoms with E-state index in [1.54, 1.807) is 0 Å². The lowest BCUT2D eigenvalue weighted by molar-refractivity contribution is 0.144. The van der Waals surface area contributed by atoms with Gasteiger partial charge in [0.2, 0.25) is 0 Å². The summed E-state index contributed by atoms with van der Waals surface area (Å²) in [5.41, 5.74) is 1.78. The van der Waals surface area contributed by atoms with E-state index in [1.807, 2.05) is 0 Å². The summed E-state index contributed by atoms with van der Waals surface area (Å²) < 4.78 is 0. The van der Waals surface area contributed by atoms with Crippen molar-refractivity contribution in [3.63, 3.8) is 0 Å². The number of hydrogen-bond acceptors (Lipinski definition) is 1. The van der Waals surface area contributed by atoms with Crippen LogP contribution in [0.25, 0.3) is 0 Å². The molecule has 0 aromatic heterocycles. The molecule has 0 aliphatic heterocycles. The summed E-state index contributed by atoms with van der Waals surface area (Å²) in [4.78, 5) is 0. The third-order valence-electron chi connectivity index (χ3n) is 4.13. The number of rotatable bonds is 5. The fourth-order valence-electron chi connectivity index (χ4n) is 3.00. The van der Waals surface area contributed by atoms with Gasteiger partial charge in [0.15, 0.2) is 0 Å². The van der Waals surface area contributed by atoms with E-state index >= 15 is 0 Å². The molecule has 0 radical (unpaired) electrons. The van der Waals surface area contributed by atoms with Gasteiger partial charge in [0.05, 0.1) is 0 Å². The average Bonchev–Trinajstić information content (AvgIpc) is 2.30. The lowest BCUT2D eigenvalue weighted by Gasteiger charge is -2.45. The molecule has 1 nitrogen and oxygen atoms in total. The SMILES string of the molecule is CCC(CCCO)(c1ccccc1)C(C)(C)C. The third kappa shape index (κ3) is 2.90. The molecule has 1 atom stereocenters. The van der Waals surface area contributed by atoms with Crippen LogP contribution in [0.3, 0.4) is 0 Å². The second kappa shape index (κ2) is 5.68. The molecule has 0 saturated heterocycles. The zero-order chi connectivity index (χ0) is 12.9. The molecule has 1 aromatic carbocycles. The molecule has 1 rings (SSSR count). The van der Waals surface area contributed by atoms with Gasteiger partial charge in [-0.1, -0.05) is 58.0 Å². The molecule has 17 heavy (non-hydrogen) atoms. The molecule has 1 N–H and O–H groups in total. The van der Waals surface area contributed by atoms with Crippen LogP contribution in [0.4, 0.5) is 0 Å². The second-order valence-corrected chi connectivity index (χ2v) is 5.88. The van der Waals surface area contributed by atoms with Crippen molar-refractivity contribution in [3.05, 3.63) is 35.9 Å². The van der Waals surface area contributed by atoms with Crippen molar-refractivity contribution in [2.75, 3.05) is 6.61 Å². The van der Waals surface area contributed by atoms with E-state index in [-0.39, 0.29) is 17.4 Å². The highest BCUT2D eigenvalue weighted by molar-refractivity contribution is 5.27. The summed E-state index contributed by atoms with van der Waals surface area (Å²) in [6.07, 6.45) is 3.04. The topological polar surface area (TPSA) is 20.2 Å². The Kier molecular flexibility index (Phi) is 4.76. The monoisotopic (exact) mass is 234 g/mol. The van der Waals surface area contributed by atoms with Crippen molar-refractivity contribution in [1.82, 2.24) is 0 Å². The van der Waals surface area contributed by atoms with Crippen LogP contribution in [0.15, 0.2) is 30.3 Å². The normalized spacial score (nSPS) is 15.6. The highest BCUT2D eigenvalue weighted by atomic mass is 16.2. The lowest BCUT2D eigenvalue weighted by Crippen LogP contribution is -2.39. The Hall–Kier alpha value is -0.820. The van der Waals surface area contributed by atoms with E-state index in [0.717, 1.165) is 19.3 Å². The molecule has 0 fully saturated rings. The standard InChI is InChI=1S/C16H26O/c1-5-16(12-9-13-17,15(2,3)4)14-10-7-6-8-11-14/h6-8,10-11,17H,5,9,12-13H2,1-4H3. The largest absolute Gasteiger partial charge is 0.396 e. The predicted octanol–water partition coefficient (Wildman–Crippen LogP) is 4.15. The molecule has 1 unspecified atom stereocenters. The van der Waals surface area contributed by atoms with Gasteiger partial charge in [-0.25, -0.2) is 0 Å². The summed E-state index contributed by atoms with van der Waals surface area (Å²) in [6, 6.07) is 10.8. The van der Waals surface area contributed by atoms with E-state index in [4.69, 9.17) is 5.11 Å². The summed E-state index contributed by atoms with van der Waals surface area (Å²) in [5.74, 6) is 0. The predicted molar refractivity (Wildman–Crippen MR) is 74.2 cm³/mol. The van der Waals surface area contributed by atoms with Gasteiger partial charge >= 0.3 is 0 Å². The first-order valence-corrected chi connectivity index (χ1v) is 6.64. The van der Waals surface area contributed by atoms with Crippen LogP contribution >= 0.6 is 0 Å². The molecule has 0 amide bonds. The van der Waals surface area contributed by atoms with Gasteiger partial charge < -0.3 is 5.11 Å². The highest BCUT2D eigenvalue weighted by Crippen LogP contribution is 2.47. The van der Waals surface area contributed by atoms with E-state index in [1.165, 1.54) is 5.56 Å². The first-order chi connectivity index (χ1) is 7.98. The van der Waals surface area contributed by atoms with Crippen LogP contribution in [-0.4, -0.2) is 11.7 Å². The van der Waals surface area contributed by atoms with Crippen LogP contribution in [0, 0.1) is 5.41 Å². The summed E-state index contributed by atoms with van der Waals surface area (Å²) in [6.45, 7) is 9.46. The molecule has 0 saturated carbocycles. The quantitative estimate of drug-likeness (QED) is 0.811. The minimum atomic E-state index is 0.164.